The van der Waals surface area contributed by atoms with Gasteiger partial charge in [-0.1, -0.05) is 12.1 Å². The summed E-state index contributed by atoms with van der Waals surface area (Å²) in [6, 6.07) is 7.58. The first-order valence-electron chi connectivity index (χ1n) is 7.69. The smallest absolute Gasteiger partial charge is 0.418 e. The Morgan fingerprint density at radius 2 is 1.89 bits per heavy atom. The Morgan fingerprint density at radius 3 is 2.54 bits per heavy atom. The highest BCUT2D eigenvalue weighted by Crippen LogP contribution is 2.34. The van der Waals surface area contributed by atoms with Gasteiger partial charge in [0.1, 0.15) is 10.7 Å². The number of hydrogen-bond acceptors (Lipinski definition) is 4. The number of H-pyrrole nitrogens is 1. The molecule has 0 fully saturated rings. The third-order valence-corrected chi connectivity index (χ3v) is 5.08. The normalized spacial score (nSPS) is 12.0. The molecule has 0 aliphatic heterocycles. The second-order valence-electron chi connectivity index (χ2n) is 5.61. The van der Waals surface area contributed by atoms with Crippen LogP contribution >= 0.6 is 0 Å². The van der Waals surface area contributed by atoms with E-state index < -0.39 is 39.1 Å². The van der Waals surface area contributed by atoms with E-state index in [0.29, 0.717) is 12.3 Å². The van der Waals surface area contributed by atoms with E-state index >= 15 is 0 Å². The minimum Gasteiger partial charge on any atom is -0.493 e. The summed E-state index contributed by atoms with van der Waals surface area (Å²) < 4.78 is 84.1. The summed E-state index contributed by atoms with van der Waals surface area (Å²) in [5, 5.41) is 0. The van der Waals surface area contributed by atoms with Gasteiger partial charge in [0.05, 0.1) is 12.7 Å². The second kappa shape index (κ2) is 7.15. The first-order valence-corrected chi connectivity index (χ1v) is 9.17. The first kappa shape index (κ1) is 19.7. The van der Waals surface area contributed by atoms with Crippen LogP contribution in [0.2, 0.25) is 0 Å². The van der Waals surface area contributed by atoms with E-state index in [9.17, 15) is 26.0 Å². The molecule has 148 valence electrons. The summed E-state index contributed by atoms with van der Waals surface area (Å²) in [4.78, 5) is 5.90. The number of hydrogen-bond donors (Lipinski definition) is 2. The van der Waals surface area contributed by atoms with Gasteiger partial charge < -0.3 is 9.72 Å². The molecule has 0 radical (unpaired) electrons. The van der Waals surface area contributed by atoms with Crippen LogP contribution in [0.1, 0.15) is 5.56 Å². The third-order valence-electron chi connectivity index (χ3n) is 3.76. The molecule has 0 atom stereocenters. The number of rotatable bonds is 5. The average Bonchev–Trinajstić information content (AvgIpc) is 3.12. The fraction of sp³-hybridized carbons (Fsp3) is 0.118. The van der Waals surface area contributed by atoms with Crippen LogP contribution in [0.5, 0.6) is 5.75 Å². The molecule has 3 rings (SSSR count). The minimum absolute atomic E-state index is 0.161. The molecule has 3 aromatic rings. The molecule has 0 aliphatic carbocycles. The molecule has 0 saturated heterocycles. The highest BCUT2D eigenvalue weighted by Gasteiger charge is 2.32. The van der Waals surface area contributed by atoms with Crippen LogP contribution in [0.15, 0.2) is 53.7 Å². The van der Waals surface area contributed by atoms with Gasteiger partial charge in [0.25, 0.3) is 10.0 Å². The summed E-state index contributed by atoms with van der Waals surface area (Å²) >= 11 is 0. The number of benzene rings is 1. The van der Waals surface area contributed by atoms with Crippen LogP contribution in [0.25, 0.3) is 11.3 Å². The monoisotopic (exact) mass is 415 g/mol. The molecule has 0 unspecified atom stereocenters. The van der Waals surface area contributed by atoms with Crippen LogP contribution in [0.3, 0.4) is 0 Å². The number of ether oxygens (including phenoxy) is 1. The van der Waals surface area contributed by atoms with Gasteiger partial charge in [-0.15, -0.1) is 0 Å². The number of halogens is 4. The second-order valence-corrected chi connectivity index (χ2v) is 7.29. The summed E-state index contributed by atoms with van der Waals surface area (Å²) in [6.45, 7) is 0. The van der Waals surface area contributed by atoms with Crippen molar-refractivity contribution >= 4 is 15.8 Å². The van der Waals surface area contributed by atoms with E-state index in [2.05, 4.69) is 14.7 Å². The van der Waals surface area contributed by atoms with Gasteiger partial charge in [-0.05, 0) is 24.3 Å². The van der Waals surface area contributed by atoms with E-state index in [1.807, 2.05) is 0 Å². The van der Waals surface area contributed by atoms with Crippen LogP contribution in [0.4, 0.5) is 23.4 Å². The third kappa shape index (κ3) is 3.93. The largest absolute Gasteiger partial charge is 0.493 e. The molecule has 1 aromatic carbocycles. The lowest BCUT2D eigenvalue weighted by Gasteiger charge is -2.12. The summed E-state index contributed by atoms with van der Waals surface area (Å²) in [5.41, 5.74) is -0.712. The van der Waals surface area contributed by atoms with E-state index in [1.54, 1.807) is 6.07 Å². The quantitative estimate of drug-likeness (QED) is 0.616. The number of alkyl halides is 3. The maximum absolute atomic E-state index is 13.9. The first-order chi connectivity index (χ1) is 13.1. The molecule has 11 heteroatoms. The van der Waals surface area contributed by atoms with Gasteiger partial charge in [0.15, 0.2) is 11.6 Å². The molecule has 0 aliphatic rings. The van der Waals surface area contributed by atoms with Crippen molar-refractivity contribution in [2.45, 2.75) is 11.1 Å². The zero-order chi connectivity index (χ0) is 20.5. The van der Waals surface area contributed by atoms with Gasteiger partial charge in [-0.25, -0.2) is 17.8 Å². The average molecular weight is 415 g/mol. The number of aromatic amines is 1. The fourth-order valence-corrected chi connectivity index (χ4v) is 3.40. The molecule has 0 spiro atoms. The van der Waals surface area contributed by atoms with Crippen molar-refractivity contribution in [3.05, 3.63) is 60.2 Å². The molecular weight excluding hydrogens is 402 g/mol. The molecule has 2 N–H and O–H groups in total. The van der Waals surface area contributed by atoms with Crippen LogP contribution < -0.4 is 9.46 Å². The van der Waals surface area contributed by atoms with Crippen molar-refractivity contribution in [1.29, 1.82) is 0 Å². The summed E-state index contributed by atoms with van der Waals surface area (Å²) in [7, 11) is -3.14. The van der Waals surface area contributed by atoms with Crippen LogP contribution in [-0.2, 0) is 16.2 Å². The molecule has 2 heterocycles. The Hall–Kier alpha value is -3.08. The lowest BCUT2D eigenvalue weighted by molar-refractivity contribution is -0.137. The van der Waals surface area contributed by atoms with Crippen molar-refractivity contribution in [3.63, 3.8) is 0 Å². The van der Waals surface area contributed by atoms with E-state index in [4.69, 9.17) is 4.74 Å². The highest BCUT2D eigenvalue weighted by atomic mass is 32.2. The number of anilines is 1. The molecule has 2 aromatic heterocycles. The molecule has 28 heavy (non-hydrogen) atoms. The van der Waals surface area contributed by atoms with Gasteiger partial charge in [-0.3, -0.25) is 4.72 Å². The number of sulfonamides is 1. The lowest BCUT2D eigenvalue weighted by Crippen LogP contribution is -2.15. The number of nitrogens with one attached hydrogen (secondary N) is 2. The number of pyridine rings is 1. The van der Waals surface area contributed by atoms with Crippen molar-refractivity contribution in [2.75, 3.05) is 11.8 Å². The predicted octanol–water partition coefficient (Wildman–Crippen LogP) is 4.04. The summed E-state index contributed by atoms with van der Waals surface area (Å²) in [6.07, 6.45) is -3.05. The molecule has 0 bridgehead atoms. The SMILES string of the molecule is COc1cc(C(F)(F)F)cnc1NS(=O)(=O)c1c[nH]c(-c2ccccc2F)c1. The number of aromatic nitrogens is 2. The van der Waals surface area contributed by atoms with Crippen LogP contribution in [-0.4, -0.2) is 25.5 Å². The van der Waals surface area contributed by atoms with Crippen molar-refractivity contribution < 1.29 is 30.7 Å². The van der Waals surface area contributed by atoms with Crippen molar-refractivity contribution in [1.82, 2.24) is 9.97 Å². The van der Waals surface area contributed by atoms with Gasteiger partial charge in [0.2, 0.25) is 0 Å². The van der Waals surface area contributed by atoms with Gasteiger partial charge in [0, 0.05) is 23.7 Å². The summed E-state index contributed by atoms with van der Waals surface area (Å²) in [5.74, 6) is -1.36. The minimum atomic E-state index is -4.66. The lowest BCUT2D eigenvalue weighted by atomic mass is 10.1. The van der Waals surface area contributed by atoms with Gasteiger partial charge in [-0.2, -0.15) is 13.2 Å². The predicted molar refractivity (Wildman–Crippen MR) is 92.8 cm³/mol. The Labute approximate surface area is 157 Å². The Balaban J connectivity index is 1.92. The fourth-order valence-electron chi connectivity index (χ4n) is 2.38. The standard InChI is InChI=1S/C17H13F4N3O3S/c1-27-15-6-10(17(19,20)21)8-23-16(15)24-28(25,26)11-7-14(22-9-11)12-4-2-3-5-13(12)18/h2-9,22H,1H3,(H,23,24). The molecular formula is C17H13F4N3O3S. The molecule has 0 saturated carbocycles. The zero-order valence-electron chi connectivity index (χ0n) is 14.2. The Kier molecular flexibility index (Phi) is 5.02. The highest BCUT2D eigenvalue weighted by molar-refractivity contribution is 7.92. The van der Waals surface area contributed by atoms with Crippen LogP contribution in [0, 0.1) is 5.82 Å². The Morgan fingerprint density at radius 1 is 1.18 bits per heavy atom. The Bertz CT molecular complexity index is 1110. The topological polar surface area (TPSA) is 84.1 Å². The van der Waals surface area contributed by atoms with E-state index in [0.717, 1.165) is 13.3 Å². The van der Waals surface area contributed by atoms with Crippen molar-refractivity contribution in [3.8, 4) is 17.0 Å². The maximum Gasteiger partial charge on any atom is 0.418 e. The molecule has 0 amide bonds. The number of nitrogens with zero attached hydrogens (tertiary/aromatic N) is 1. The van der Waals surface area contributed by atoms with Gasteiger partial charge >= 0.3 is 6.18 Å². The van der Waals surface area contributed by atoms with Crippen molar-refractivity contribution in [2.24, 2.45) is 0 Å². The zero-order valence-corrected chi connectivity index (χ0v) is 15.0. The van der Waals surface area contributed by atoms with E-state index in [-0.39, 0.29) is 16.2 Å². The maximum atomic E-state index is 13.9. The number of methoxy groups -OCH3 is 1. The molecule has 6 nitrogen and oxygen atoms in total. The van der Waals surface area contributed by atoms with E-state index in [1.165, 1.54) is 24.3 Å².